The topological polar surface area (TPSA) is 13.1 Å². The Labute approximate surface area is 314 Å². The maximum atomic E-state index is 6.84. The number of hydrogen-bond donors (Lipinski definition) is 0. The minimum absolute atomic E-state index is 0.925. The molecule has 12 rings (SSSR count). The maximum Gasteiger partial charge on any atom is 0.153 e. The van der Waals surface area contributed by atoms with E-state index in [2.05, 4.69) is 182 Å². The highest BCUT2D eigenvalue weighted by Gasteiger charge is 2.20. The monoisotopic (exact) mass is 702 g/mol. The van der Waals surface area contributed by atoms with Gasteiger partial charge in [-0.1, -0.05) is 158 Å². The van der Waals surface area contributed by atoms with Crippen molar-refractivity contribution in [3.8, 4) is 33.4 Å². The van der Waals surface area contributed by atoms with Crippen LogP contribution in [-0.2, 0) is 0 Å². The smallest absolute Gasteiger partial charge is 0.153 e. The molecule has 0 spiro atoms. The standard InChI is InChI=1S/C52H30OS/c1-2-12-34-29-35(26-21-31(34)11-1)49-41-18-7-5-16-39(41)48(40-17-6-8-19-42(40)49)33-24-22-32(23-25-33)45-30-46-50(38-15-4-3-13-36(38)45)44-28-27-43-37-14-9-10-20-47(37)54-52(43)51(44)53-46/h1-30H. The van der Waals surface area contributed by atoms with Gasteiger partial charge in [-0.3, -0.25) is 0 Å². The third kappa shape index (κ3) is 4.26. The highest BCUT2D eigenvalue weighted by molar-refractivity contribution is 7.26. The van der Waals surface area contributed by atoms with Crippen LogP contribution in [0.3, 0.4) is 0 Å². The van der Waals surface area contributed by atoms with E-state index < -0.39 is 0 Å². The molecule has 0 bridgehead atoms. The Balaban J connectivity index is 1.05. The van der Waals surface area contributed by atoms with E-state index in [1.165, 1.54) is 107 Å². The van der Waals surface area contributed by atoms with E-state index in [1.54, 1.807) is 0 Å². The Morgan fingerprint density at radius 2 is 0.889 bits per heavy atom. The minimum Gasteiger partial charge on any atom is -0.455 e. The Bertz CT molecular complexity index is 3430. The average molecular weight is 703 g/mol. The molecule has 2 aromatic heterocycles. The van der Waals surface area contributed by atoms with Gasteiger partial charge in [0.2, 0.25) is 0 Å². The van der Waals surface area contributed by atoms with Gasteiger partial charge >= 0.3 is 0 Å². The van der Waals surface area contributed by atoms with Crippen LogP contribution in [0.5, 0.6) is 0 Å². The van der Waals surface area contributed by atoms with Gasteiger partial charge in [-0.05, 0) is 101 Å². The van der Waals surface area contributed by atoms with E-state index in [1.807, 2.05) is 11.3 Å². The number of fused-ring (bicyclic) bond motifs is 12. The largest absolute Gasteiger partial charge is 0.455 e. The predicted molar refractivity (Wildman–Crippen MR) is 233 cm³/mol. The van der Waals surface area contributed by atoms with Crippen molar-refractivity contribution in [2.45, 2.75) is 0 Å². The van der Waals surface area contributed by atoms with Crippen LogP contribution in [0.25, 0.3) is 119 Å². The van der Waals surface area contributed by atoms with Crippen LogP contribution in [-0.4, -0.2) is 0 Å². The fraction of sp³-hybridized carbons (Fsp3) is 0. The van der Waals surface area contributed by atoms with Crippen molar-refractivity contribution in [1.29, 1.82) is 0 Å². The summed E-state index contributed by atoms with van der Waals surface area (Å²) >= 11 is 1.82. The molecular weight excluding hydrogens is 673 g/mol. The normalized spacial score (nSPS) is 12.1. The highest BCUT2D eigenvalue weighted by Crippen LogP contribution is 2.47. The van der Waals surface area contributed by atoms with E-state index in [4.69, 9.17) is 4.42 Å². The molecule has 0 aliphatic rings. The van der Waals surface area contributed by atoms with Gasteiger partial charge in [-0.25, -0.2) is 0 Å². The summed E-state index contributed by atoms with van der Waals surface area (Å²) in [6.45, 7) is 0. The molecule has 0 amide bonds. The van der Waals surface area contributed by atoms with Crippen LogP contribution < -0.4 is 0 Å². The molecule has 250 valence electrons. The van der Waals surface area contributed by atoms with E-state index in [9.17, 15) is 0 Å². The lowest BCUT2D eigenvalue weighted by Crippen LogP contribution is -1.91. The fourth-order valence-electron chi connectivity index (χ4n) is 9.03. The zero-order valence-electron chi connectivity index (χ0n) is 29.1. The van der Waals surface area contributed by atoms with Crippen molar-refractivity contribution in [3.63, 3.8) is 0 Å². The van der Waals surface area contributed by atoms with Gasteiger partial charge in [0.1, 0.15) is 5.58 Å². The third-order valence-electron chi connectivity index (χ3n) is 11.4. The quantitative estimate of drug-likeness (QED) is 0.167. The molecule has 12 aromatic rings. The lowest BCUT2D eigenvalue weighted by atomic mass is 9.85. The van der Waals surface area contributed by atoms with E-state index in [-0.39, 0.29) is 0 Å². The fourth-order valence-corrected chi connectivity index (χ4v) is 10.2. The van der Waals surface area contributed by atoms with Crippen molar-refractivity contribution in [2.75, 3.05) is 0 Å². The third-order valence-corrected chi connectivity index (χ3v) is 12.6. The summed E-state index contributed by atoms with van der Waals surface area (Å²) in [5.74, 6) is 0. The number of benzene rings is 10. The van der Waals surface area contributed by atoms with Gasteiger partial charge in [0.05, 0.1) is 4.70 Å². The Morgan fingerprint density at radius 1 is 0.352 bits per heavy atom. The predicted octanol–water partition coefficient (Wildman–Crippen LogP) is 15.6. The summed E-state index contributed by atoms with van der Waals surface area (Å²) in [5, 5.41) is 14.9. The first-order chi connectivity index (χ1) is 26.8. The van der Waals surface area contributed by atoms with Crippen LogP contribution in [0.2, 0.25) is 0 Å². The summed E-state index contributed by atoms with van der Waals surface area (Å²) in [7, 11) is 0. The van der Waals surface area contributed by atoms with Crippen LogP contribution in [0.15, 0.2) is 186 Å². The molecule has 0 aliphatic carbocycles. The second-order valence-corrected chi connectivity index (χ2v) is 15.4. The van der Waals surface area contributed by atoms with Gasteiger partial charge in [0, 0.05) is 26.2 Å². The molecule has 0 fully saturated rings. The average Bonchev–Trinajstić information content (AvgIpc) is 3.81. The lowest BCUT2D eigenvalue weighted by molar-refractivity contribution is 0.673. The molecule has 0 saturated carbocycles. The number of hydrogen-bond acceptors (Lipinski definition) is 2. The van der Waals surface area contributed by atoms with Gasteiger partial charge in [-0.15, -0.1) is 11.3 Å². The summed E-state index contributed by atoms with van der Waals surface area (Å²) in [6.07, 6.45) is 0. The van der Waals surface area contributed by atoms with Gasteiger partial charge < -0.3 is 4.42 Å². The lowest BCUT2D eigenvalue weighted by Gasteiger charge is -2.18. The SMILES string of the molecule is c1ccc2cc(-c3c4ccccc4c(-c4ccc(-c5cc6oc7c(ccc8c9ccccc9sc87)c6c6ccccc56)cc4)c4ccccc34)ccc2c1. The zero-order chi connectivity index (χ0) is 35.3. The first-order valence-electron chi connectivity index (χ1n) is 18.5. The summed E-state index contributed by atoms with van der Waals surface area (Å²) in [4.78, 5) is 0. The Morgan fingerprint density at radius 3 is 1.61 bits per heavy atom. The second kappa shape index (κ2) is 11.4. The van der Waals surface area contributed by atoms with E-state index in [0.29, 0.717) is 0 Å². The number of thiophene rings is 1. The molecule has 0 unspecified atom stereocenters. The first kappa shape index (κ1) is 29.8. The van der Waals surface area contributed by atoms with Crippen LogP contribution in [0.4, 0.5) is 0 Å². The van der Waals surface area contributed by atoms with Crippen molar-refractivity contribution in [2.24, 2.45) is 0 Å². The molecule has 2 heterocycles. The van der Waals surface area contributed by atoms with Gasteiger partial charge in [-0.2, -0.15) is 0 Å². The minimum atomic E-state index is 0.925. The highest BCUT2D eigenvalue weighted by atomic mass is 32.1. The van der Waals surface area contributed by atoms with Gasteiger partial charge in [0.25, 0.3) is 0 Å². The Hall–Kier alpha value is -6.74. The van der Waals surface area contributed by atoms with Crippen LogP contribution in [0.1, 0.15) is 0 Å². The molecule has 0 atom stereocenters. The molecule has 0 aliphatic heterocycles. The van der Waals surface area contributed by atoms with Crippen LogP contribution in [0, 0.1) is 0 Å². The van der Waals surface area contributed by atoms with Crippen molar-refractivity contribution >= 4 is 96.5 Å². The maximum absolute atomic E-state index is 6.84. The molecule has 0 radical (unpaired) electrons. The molecule has 2 heteroatoms. The Kier molecular flexibility index (Phi) is 6.28. The van der Waals surface area contributed by atoms with Crippen molar-refractivity contribution in [3.05, 3.63) is 182 Å². The van der Waals surface area contributed by atoms with Crippen molar-refractivity contribution < 1.29 is 4.42 Å². The molecule has 54 heavy (non-hydrogen) atoms. The van der Waals surface area contributed by atoms with Crippen LogP contribution >= 0.6 is 11.3 Å². The first-order valence-corrected chi connectivity index (χ1v) is 19.3. The van der Waals surface area contributed by atoms with Gasteiger partial charge in [0.15, 0.2) is 5.58 Å². The molecule has 0 N–H and O–H groups in total. The number of furan rings is 1. The molecular formula is C52H30OS. The second-order valence-electron chi connectivity index (χ2n) is 14.3. The van der Waals surface area contributed by atoms with E-state index >= 15 is 0 Å². The summed E-state index contributed by atoms with van der Waals surface area (Å²) < 4.78 is 9.34. The summed E-state index contributed by atoms with van der Waals surface area (Å²) in [6, 6.07) is 66.7. The van der Waals surface area contributed by atoms with Crippen molar-refractivity contribution in [1.82, 2.24) is 0 Å². The zero-order valence-corrected chi connectivity index (χ0v) is 30.0. The molecule has 1 nitrogen and oxygen atoms in total. The molecule has 0 saturated heterocycles. The molecule has 10 aromatic carbocycles. The summed E-state index contributed by atoms with van der Waals surface area (Å²) in [5.41, 5.74) is 9.25. The number of rotatable bonds is 3. The van der Waals surface area contributed by atoms with E-state index in [0.717, 1.165) is 11.2 Å².